The lowest BCUT2D eigenvalue weighted by Gasteiger charge is -2.43. The second kappa shape index (κ2) is 7.94. The number of nitrogens with zero attached hydrogens (tertiary/aromatic N) is 2. The first-order valence-electron chi connectivity index (χ1n) is 9.83. The standard InChI is InChI=1S/C21H27N3O5/c1-26-16-10-14(11-17(27-2)19(16)28-3)12-18(25)24-7-5-21(6-8-24)20-15(4-9-29-21)13-22-23-20/h10-11,13H,4-9,12H2,1-3H3,(H,22,23). The number of amides is 1. The predicted molar refractivity (Wildman–Crippen MR) is 106 cm³/mol. The molecule has 1 N–H and O–H groups in total. The van der Waals surface area contributed by atoms with Crippen LogP contribution < -0.4 is 14.2 Å². The highest BCUT2D eigenvalue weighted by Gasteiger charge is 2.43. The molecule has 1 saturated heterocycles. The minimum atomic E-state index is -0.340. The van der Waals surface area contributed by atoms with Crippen LogP contribution >= 0.6 is 0 Å². The molecule has 0 unspecified atom stereocenters. The van der Waals surface area contributed by atoms with Crippen molar-refractivity contribution in [3.05, 3.63) is 35.2 Å². The van der Waals surface area contributed by atoms with Gasteiger partial charge in [0.15, 0.2) is 11.5 Å². The Bertz CT molecular complexity index is 861. The third kappa shape index (κ3) is 3.53. The van der Waals surface area contributed by atoms with Crippen molar-refractivity contribution in [2.24, 2.45) is 0 Å². The molecule has 1 aromatic carbocycles. The minimum Gasteiger partial charge on any atom is -0.493 e. The van der Waals surface area contributed by atoms with Crippen molar-refractivity contribution in [3.63, 3.8) is 0 Å². The molecule has 3 heterocycles. The summed E-state index contributed by atoms with van der Waals surface area (Å²) in [5, 5.41) is 7.31. The molecular formula is C21H27N3O5. The Kier molecular flexibility index (Phi) is 5.36. The molecule has 8 nitrogen and oxygen atoms in total. The van der Waals surface area contributed by atoms with Gasteiger partial charge in [-0.3, -0.25) is 9.89 Å². The van der Waals surface area contributed by atoms with Crippen molar-refractivity contribution in [2.45, 2.75) is 31.3 Å². The van der Waals surface area contributed by atoms with E-state index in [9.17, 15) is 4.79 Å². The van der Waals surface area contributed by atoms with Crippen LogP contribution in [0.5, 0.6) is 17.2 Å². The summed E-state index contributed by atoms with van der Waals surface area (Å²) in [5.74, 6) is 1.70. The number of aromatic amines is 1. The SMILES string of the molecule is COc1cc(CC(=O)N2CCC3(CC2)OCCc2cn[nH]c23)cc(OC)c1OC. The Morgan fingerprint density at radius 1 is 1.17 bits per heavy atom. The van der Waals surface area contributed by atoms with Crippen LogP contribution in [0.1, 0.15) is 29.7 Å². The number of carbonyl (C=O) groups excluding carboxylic acids is 1. The van der Waals surface area contributed by atoms with E-state index in [1.165, 1.54) is 5.56 Å². The molecule has 0 saturated carbocycles. The molecule has 4 rings (SSSR count). The van der Waals surface area contributed by atoms with Gasteiger partial charge in [0.05, 0.1) is 46.2 Å². The summed E-state index contributed by atoms with van der Waals surface area (Å²) in [5.41, 5.74) is 2.80. The molecule has 156 valence electrons. The van der Waals surface area contributed by atoms with Gasteiger partial charge in [-0.15, -0.1) is 0 Å². The number of rotatable bonds is 5. The summed E-state index contributed by atoms with van der Waals surface area (Å²) in [6, 6.07) is 3.65. The first-order valence-corrected chi connectivity index (χ1v) is 9.83. The molecule has 2 aliphatic heterocycles. The van der Waals surface area contributed by atoms with E-state index in [0.717, 1.165) is 30.5 Å². The Hall–Kier alpha value is -2.74. The molecular weight excluding hydrogens is 374 g/mol. The number of methoxy groups -OCH3 is 3. The molecule has 1 amide bonds. The molecule has 1 fully saturated rings. The summed E-state index contributed by atoms with van der Waals surface area (Å²) in [7, 11) is 4.70. The Balaban J connectivity index is 1.45. The van der Waals surface area contributed by atoms with Crippen molar-refractivity contribution in [2.75, 3.05) is 41.0 Å². The maximum absolute atomic E-state index is 12.9. The van der Waals surface area contributed by atoms with Crippen LogP contribution in [-0.4, -0.2) is 62.0 Å². The van der Waals surface area contributed by atoms with Gasteiger partial charge in [0.2, 0.25) is 11.7 Å². The van der Waals surface area contributed by atoms with Gasteiger partial charge in [0, 0.05) is 13.1 Å². The van der Waals surface area contributed by atoms with Gasteiger partial charge >= 0.3 is 0 Å². The number of carbonyl (C=O) groups is 1. The maximum atomic E-state index is 12.9. The number of aromatic nitrogens is 2. The number of hydrogen-bond acceptors (Lipinski definition) is 6. The molecule has 0 aliphatic carbocycles. The van der Waals surface area contributed by atoms with Gasteiger partial charge in [-0.2, -0.15) is 5.10 Å². The summed E-state index contributed by atoms with van der Waals surface area (Å²) in [6.07, 6.45) is 4.59. The summed E-state index contributed by atoms with van der Waals surface area (Å²) in [4.78, 5) is 14.8. The fourth-order valence-electron chi connectivity index (χ4n) is 4.36. The fourth-order valence-corrected chi connectivity index (χ4v) is 4.36. The van der Waals surface area contributed by atoms with Crippen LogP contribution in [0.25, 0.3) is 0 Å². The van der Waals surface area contributed by atoms with Crippen LogP contribution in [0.2, 0.25) is 0 Å². The number of benzene rings is 1. The average Bonchev–Trinajstić information content (AvgIpc) is 3.24. The monoisotopic (exact) mass is 401 g/mol. The van der Waals surface area contributed by atoms with E-state index < -0.39 is 0 Å². The number of hydrogen-bond donors (Lipinski definition) is 1. The third-order valence-corrected chi connectivity index (χ3v) is 5.93. The smallest absolute Gasteiger partial charge is 0.226 e. The van der Waals surface area contributed by atoms with Crippen molar-refractivity contribution in [1.29, 1.82) is 0 Å². The molecule has 2 aromatic rings. The largest absolute Gasteiger partial charge is 0.493 e. The van der Waals surface area contributed by atoms with Gasteiger partial charge in [-0.25, -0.2) is 0 Å². The van der Waals surface area contributed by atoms with E-state index in [0.29, 0.717) is 36.9 Å². The van der Waals surface area contributed by atoms with Crippen LogP contribution in [0, 0.1) is 0 Å². The van der Waals surface area contributed by atoms with E-state index >= 15 is 0 Å². The second-order valence-electron chi connectivity index (χ2n) is 7.45. The first-order chi connectivity index (χ1) is 14.1. The van der Waals surface area contributed by atoms with Gasteiger partial charge in [0.25, 0.3) is 0 Å². The molecule has 0 bridgehead atoms. The lowest BCUT2D eigenvalue weighted by atomic mass is 9.83. The summed E-state index contributed by atoms with van der Waals surface area (Å²) in [6.45, 7) is 2.01. The zero-order valence-electron chi connectivity index (χ0n) is 17.1. The Morgan fingerprint density at radius 2 is 1.86 bits per heavy atom. The van der Waals surface area contributed by atoms with E-state index in [2.05, 4.69) is 10.2 Å². The Labute approximate surface area is 170 Å². The molecule has 1 aromatic heterocycles. The number of piperidine rings is 1. The highest BCUT2D eigenvalue weighted by Crippen LogP contribution is 2.41. The van der Waals surface area contributed by atoms with Gasteiger partial charge in [0.1, 0.15) is 5.60 Å². The number of likely N-dealkylation sites (tertiary alicyclic amines) is 1. The van der Waals surface area contributed by atoms with Crippen molar-refractivity contribution < 1.29 is 23.7 Å². The first kappa shape index (κ1) is 19.6. The highest BCUT2D eigenvalue weighted by atomic mass is 16.5. The zero-order chi connectivity index (χ0) is 20.4. The number of ether oxygens (including phenoxy) is 4. The molecule has 0 radical (unpaired) electrons. The quantitative estimate of drug-likeness (QED) is 0.826. The van der Waals surface area contributed by atoms with Crippen molar-refractivity contribution in [3.8, 4) is 17.2 Å². The highest BCUT2D eigenvalue weighted by molar-refractivity contribution is 5.79. The van der Waals surface area contributed by atoms with Crippen molar-refractivity contribution >= 4 is 5.91 Å². The van der Waals surface area contributed by atoms with Gasteiger partial charge in [-0.1, -0.05) is 0 Å². The number of H-pyrrole nitrogens is 1. The number of fused-ring (bicyclic) bond motifs is 2. The van der Waals surface area contributed by atoms with E-state index in [4.69, 9.17) is 18.9 Å². The predicted octanol–water partition coefficient (Wildman–Crippen LogP) is 2.07. The van der Waals surface area contributed by atoms with Crippen LogP contribution in [-0.2, 0) is 28.0 Å². The van der Waals surface area contributed by atoms with Gasteiger partial charge in [-0.05, 0) is 42.5 Å². The fraction of sp³-hybridized carbons (Fsp3) is 0.524. The van der Waals surface area contributed by atoms with E-state index in [1.807, 2.05) is 23.2 Å². The summed E-state index contributed by atoms with van der Waals surface area (Å²) >= 11 is 0. The lowest BCUT2D eigenvalue weighted by Crippen LogP contribution is -2.48. The van der Waals surface area contributed by atoms with Crippen LogP contribution in [0.15, 0.2) is 18.3 Å². The summed E-state index contributed by atoms with van der Waals surface area (Å²) < 4.78 is 22.3. The Morgan fingerprint density at radius 3 is 2.48 bits per heavy atom. The van der Waals surface area contributed by atoms with Crippen molar-refractivity contribution in [1.82, 2.24) is 15.1 Å². The molecule has 2 aliphatic rings. The van der Waals surface area contributed by atoms with Crippen LogP contribution in [0.3, 0.4) is 0 Å². The lowest BCUT2D eigenvalue weighted by molar-refractivity contribution is -0.140. The van der Waals surface area contributed by atoms with Gasteiger partial charge < -0.3 is 23.8 Å². The molecule has 1 spiro atoms. The molecule has 0 atom stereocenters. The molecule has 8 heteroatoms. The van der Waals surface area contributed by atoms with Crippen LogP contribution in [0.4, 0.5) is 0 Å². The average molecular weight is 401 g/mol. The third-order valence-electron chi connectivity index (χ3n) is 5.93. The topological polar surface area (TPSA) is 85.9 Å². The maximum Gasteiger partial charge on any atom is 0.226 e. The van der Waals surface area contributed by atoms with E-state index in [1.54, 1.807) is 21.3 Å². The zero-order valence-corrected chi connectivity index (χ0v) is 17.1. The number of nitrogens with one attached hydrogen (secondary N) is 1. The molecule has 29 heavy (non-hydrogen) atoms. The second-order valence-corrected chi connectivity index (χ2v) is 7.45. The minimum absolute atomic E-state index is 0.0785. The normalized spacial score (nSPS) is 17.7. The van der Waals surface area contributed by atoms with E-state index in [-0.39, 0.29) is 17.9 Å².